The summed E-state index contributed by atoms with van der Waals surface area (Å²) in [6.45, 7) is 6.75. The molecule has 1 aromatic heterocycles. The monoisotopic (exact) mass is 371 g/mol. The van der Waals surface area contributed by atoms with Gasteiger partial charge in [-0.25, -0.2) is 0 Å². The van der Waals surface area contributed by atoms with Crippen molar-refractivity contribution < 1.29 is 4.79 Å². The lowest BCUT2D eigenvalue weighted by molar-refractivity contribution is -0.117. The zero-order valence-corrected chi connectivity index (χ0v) is 16.6. The van der Waals surface area contributed by atoms with Crippen molar-refractivity contribution in [3.05, 3.63) is 77.0 Å². The summed E-state index contributed by atoms with van der Waals surface area (Å²) < 4.78 is 2.16. The van der Waals surface area contributed by atoms with Gasteiger partial charge in [0.15, 0.2) is 0 Å². The Kier molecular flexibility index (Phi) is 5.96. The summed E-state index contributed by atoms with van der Waals surface area (Å²) in [6, 6.07) is 18.6. The van der Waals surface area contributed by atoms with E-state index in [0.29, 0.717) is 0 Å². The van der Waals surface area contributed by atoms with E-state index in [4.69, 9.17) is 0 Å². The Hall–Kier alpha value is -3.32. The quantitative estimate of drug-likeness (QED) is 0.499. The maximum atomic E-state index is 12.4. The van der Waals surface area contributed by atoms with E-state index >= 15 is 0 Å². The summed E-state index contributed by atoms with van der Waals surface area (Å²) in [7, 11) is 0. The van der Waals surface area contributed by atoms with Crippen LogP contribution >= 0.6 is 0 Å². The molecule has 0 fully saturated rings. The molecule has 4 heteroatoms. The van der Waals surface area contributed by atoms with Gasteiger partial charge >= 0.3 is 0 Å². The molecule has 0 radical (unpaired) electrons. The SMILES string of the molecule is CC[C@H](C)NC(=O)/C(C#N)=C/c1cn(Cc2cccc(C)c2)c2ccccc12. The standard InChI is InChI=1S/C24H25N3O/c1-4-18(3)26-24(28)20(14-25)13-21-16-27(23-11-6-5-10-22(21)23)15-19-9-7-8-17(2)12-19/h5-13,16,18H,4,15H2,1-3H3,(H,26,28)/b20-13+/t18-/m0/s1. The van der Waals surface area contributed by atoms with Gasteiger partial charge in [0, 0.05) is 35.2 Å². The third-order valence-corrected chi connectivity index (χ3v) is 4.91. The Morgan fingerprint density at radius 3 is 2.75 bits per heavy atom. The van der Waals surface area contributed by atoms with Crippen molar-refractivity contribution in [3.63, 3.8) is 0 Å². The summed E-state index contributed by atoms with van der Waals surface area (Å²) >= 11 is 0. The molecular formula is C24H25N3O. The molecule has 0 aliphatic heterocycles. The highest BCUT2D eigenvalue weighted by Crippen LogP contribution is 2.25. The summed E-state index contributed by atoms with van der Waals surface area (Å²) in [5, 5.41) is 13.4. The van der Waals surface area contributed by atoms with Crippen LogP contribution < -0.4 is 5.32 Å². The van der Waals surface area contributed by atoms with E-state index in [9.17, 15) is 10.1 Å². The molecular weight excluding hydrogens is 346 g/mol. The second kappa shape index (κ2) is 8.58. The highest BCUT2D eigenvalue weighted by molar-refractivity contribution is 6.04. The number of para-hydroxylation sites is 1. The van der Waals surface area contributed by atoms with Crippen LogP contribution in [-0.4, -0.2) is 16.5 Å². The lowest BCUT2D eigenvalue weighted by atomic mass is 10.1. The van der Waals surface area contributed by atoms with Gasteiger partial charge in [-0.1, -0.05) is 55.0 Å². The highest BCUT2D eigenvalue weighted by atomic mass is 16.1. The van der Waals surface area contributed by atoms with Crippen LogP contribution in [0.2, 0.25) is 0 Å². The second-order valence-corrected chi connectivity index (χ2v) is 7.17. The van der Waals surface area contributed by atoms with Crippen LogP contribution in [0.3, 0.4) is 0 Å². The predicted molar refractivity (Wildman–Crippen MR) is 114 cm³/mol. The molecule has 1 N–H and O–H groups in total. The fourth-order valence-electron chi connectivity index (χ4n) is 3.24. The van der Waals surface area contributed by atoms with Crippen LogP contribution in [0.1, 0.15) is 37.0 Å². The Morgan fingerprint density at radius 1 is 1.25 bits per heavy atom. The third-order valence-electron chi connectivity index (χ3n) is 4.91. The van der Waals surface area contributed by atoms with Crippen molar-refractivity contribution in [1.29, 1.82) is 5.26 Å². The molecule has 0 bridgehead atoms. The molecule has 4 nitrogen and oxygen atoms in total. The normalized spacial score (nSPS) is 12.6. The van der Waals surface area contributed by atoms with Gasteiger partial charge in [-0.2, -0.15) is 5.26 Å². The predicted octanol–water partition coefficient (Wildman–Crippen LogP) is 4.82. The minimum atomic E-state index is -0.327. The number of amides is 1. The summed E-state index contributed by atoms with van der Waals surface area (Å²) in [5.74, 6) is -0.327. The molecule has 1 heterocycles. The number of nitrogens with zero attached hydrogens (tertiary/aromatic N) is 2. The van der Waals surface area contributed by atoms with Gasteiger partial charge in [0.25, 0.3) is 5.91 Å². The van der Waals surface area contributed by atoms with Crippen molar-refractivity contribution >= 4 is 22.9 Å². The minimum absolute atomic E-state index is 0.0342. The molecule has 2 aromatic carbocycles. The first-order valence-corrected chi connectivity index (χ1v) is 9.58. The number of benzene rings is 2. The number of rotatable bonds is 6. The third kappa shape index (κ3) is 4.32. The molecule has 0 aliphatic rings. The van der Waals surface area contributed by atoms with Crippen LogP contribution in [0.15, 0.2) is 60.3 Å². The van der Waals surface area contributed by atoms with Gasteiger partial charge in [0.1, 0.15) is 11.6 Å². The molecule has 0 saturated heterocycles. The van der Waals surface area contributed by atoms with Crippen LogP contribution in [0, 0.1) is 18.3 Å². The average molecular weight is 371 g/mol. The topological polar surface area (TPSA) is 57.8 Å². The summed E-state index contributed by atoms with van der Waals surface area (Å²) in [6.07, 6.45) is 4.52. The number of nitrogens with one attached hydrogen (secondary N) is 1. The molecule has 1 atom stereocenters. The van der Waals surface area contributed by atoms with Crippen molar-refractivity contribution in [2.75, 3.05) is 0 Å². The zero-order valence-electron chi connectivity index (χ0n) is 16.6. The number of hydrogen-bond donors (Lipinski definition) is 1. The van der Waals surface area contributed by atoms with E-state index in [-0.39, 0.29) is 17.5 Å². The molecule has 0 saturated carbocycles. The minimum Gasteiger partial charge on any atom is -0.349 e. The maximum absolute atomic E-state index is 12.4. The molecule has 28 heavy (non-hydrogen) atoms. The van der Waals surface area contributed by atoms with Crippen LogP contribution in [0.4, 0.5) is 0 Å². The lowest BCUT2D eigenvalue weighted by Gasteiger charge is -2.10. The van der Waals surface area contributed by atoms with Crippen molar-refractivity contribution in [3.8, 4) is 6.07 Å². The Bertz CT molecular complexity index is 1070. The fourth-order valence-corrected chi connectivity index (χ4v) is 3.24. The molecule has 142 valence electrons. The van der Waals surface area contributed by atoms with Crippen LogP contribution in [0.25, 0.3) is 17.0 Å². The Labute approximate surface area is 166 Å². The number of carbonyl (C=O) groups is 1. The van der Waals surface area contributed by atoms with Gasteiger partial charge in [-0.15, -0.1) is 0 Å². The van der Waals surface area contributed by atoms with Crippen LogP contribution in [0.5, 0.6) is 0 Å². The van der Waals surface area contributed by atoms with Crippen molar-refractivity contribution in [1.82, 2.24) is 9.88 Å². The first kappa shape index (κ1) is 19.4. The number of nitriles is 1. The summed E-state index contributed by atoms with van der Waals surface area (Å²) in [4.78, 5) is 12.4. The maximum Gasteiger partial charge on any atom is 0.262 e. The molecule has 0 aliphatic carbocycles. The zero-order chi connectivity index (χ0) is 20.1. The second-order valence-electron chi connectivity index (χ2n) is 7.17. The van der Waals surface area contributed by atoms with E-state index in [1.807, 2.05) is 38.2 Å². The van der Waals surface area contributed by atoms with E-state index in [0.717, 1.165) is 29.4 Å². The van der Waals surface area contributed by atoms with Gasteiger partial charge in [0.2, 0.25) is 0 Å². The number of fused-ring (bicyclic) bond motifs is 1. The van der Waals surface area contributed by atoms with Crippen LogP contribution in [-0.2, 0) is 11.3 Å². The van der Waals surface area contributed by atoms with Gasteiger partial charge in [-0.3, -0.25) is 4.79 Å². The first-order valence-electron chi connectivity index (χ1n) is 9.58. The van der Waals surface area contributed by atoms with E-state index in [1.54, 1.807) is 6.08 Å². The van der Waals surface area contributed by atoms with E-state index in [2.05, 4.69) is 53.2 Å². The smallest absolute Gasteiger partial charge is 0.262 e. The number of aryl methyl sites for hydroxylation is 1. The van der Waals surface area contributed by atoms with Gasteiger partial charge < -0.3 is 9.88 Å². The number of carbonyl (C=O) groups excluding carboxylic acids is 1. The Morgan fingerprint density at radius 2 is 2.04 bits per heavy atom. The lowest BCUT2D eigenvalue weighted by Crippen LogP contribution is -2.32. The van der Waals surface area contributed by atoms with E-state index in [1.165, 1.54) is 11.1 Å². The molecule has 3 aromatic rings. The Balaban J connectivity index is 2.00. The largest absolute Gasteiger partial charge is 0.349 e. The fraction of sp³-hybridized carbons (Fsp3) is 0.250. The number of hydrogen-bond acceptors (Lipinski definition) is 2. The highest BCUT2D eigenvalue weighted by Gasteiger charge is 2.14. The van der Waals surface area contributed by atoms with Gasteiger partial charge in [-0.05, 0) is 38.0 Å². The molecule has 3 rings (SSSR count). The summed E-state index contributed by atoms with van der Waals surface area (Å²) in [5.41, 5.74) is 4.52. The van der Waals surface area contributed by atoms with Gasteiger partial charge in [0.05, 0.1) is 0 Å². The first-order chi connectivity index (χ1) is 13.5. The van der Waals surface area contributed by atoms with E-state index < -0.39 is 0 Å². The molecule has 0 spiro atoms. The number of aromatic nitrogens is 1. The molecule has 0 unspecified atom stereocenters. The van der Waals surface area contributed by atoms with Crippen molar-refractivity contribution in [2.45, 2.75) is 39.8 Å². The van der Waals surface area contributed by atoms with Crippen molar-refractivity contribution in [2.24, 2.45) is 0 Å². The molecule has 1 amide bonds. The average Bonchev–Trinajstić information content (AvgIpc) is 3.03.